The first kappa shape index (κ1) is 12.2. The monoisotopic (exact) mass is 295 g/mol. The first-order chi connectivity index (χ1) is 10.2. The van der Waals surface area contributed by atoms with Crippen LogP contribution in [0.5, 0.6) is 0 Å². The lowest BCUT2D eigenvalue weighted by Gasteiger charge is -2.01. The molecule has 0 aliphatic carbocycles. The van der Waals surface area contributed by atoms with Crippen molar-refractivity contribution < 1.29 is 4.42 Å². The molecule has 0 spiro atoms. The molecule has 0 amide bonds. The molecule has 4 rings (SSSR count). The third kappa shape index (κ3) is 1.94. The van der Waals surface area contributed by atoms with Gasteiger partial charge in [0.15, 0.2) is 0 Å². The summed E-state index contributed by atoms with van der Waals surface area (Å²) in [5, 5.41) is 2.50. The van der Waals surface area contributed by atoms with Gasteiger partial charge in [-0.15, -0.1) is 0 Å². The number of halogens is 1. The molecule has 0 aliphatic rings. The van der Waals surface area contributed by atoms with Crippen LogP contribution in [0.2, 0.25) is 5.02 Å². The van der Waals surface area contributed by atoms with Crippen molar-refractivity contribution in [2.24, 2.45) is 0 Å². The van der Waals surface area contributed by atoms with Crippen LogP contribution in [-0.4, -0.2) is 4.98 Å². The highest BCUT2D eigenvalue weighted by Gasteiger charge is 2.12. The van der Waals surface area contributed by atoms with Crippen molar-refractivity contribution >= 4 is 33.5 Å². The fourth-order valence-corrected chi connectivity index (χ4v) is 2.74. The minimum atomic E-state index is -0.343. The Morgan fingerprint density at radius 3 is 2.76 bits per heavy atom. The van der Waals surface area contributed by atoms with E-state index in [-0.39, 0.29) is 5.63 Å². The number of aromatic nitrogens is 1. The molecule has 3 nitrogen and oxygen atoms in total. The summed E-state index contributed by atoms with van der Waals surface area (Å²) < 4.78 is 5.39. The van der Waals surface area contributed by atoms with Gasteiger partial charge in [-0.3, -0.25) is 0 Å². The lowest BCUT2D eigenvalue weighted by Crippen LogP contribution is -2.02. The Labute approximate surface area is 124 Å². The first-order valence-corrected chi connectivity index (χ1v) is 6.90. The maximum absolute atomic E-state index is 12.2. The maximum atomic E-state index is 12.2. The molecular formula is C17H10ClNO2. The summed E-state index contributed by atoms with van der Waals surface area (Å²) in [7, 11) is 0. The van der Waals surface area contributed by atoms with Crippen molar-refractivity contribution in [2.75, 3.05) is 0 Å². The number of hydrogen-bond acceptors (Lipinski definition) is 2. The summed E-state index contributed by atoms with van der Waals surface area (Å²) in [6.07, 6.45) is 1.81. The minimum absolute atomic E-state index is 0.343. The van der Waals surface area contributed by atoms with Gasteiger partial charge in [0, 0.05) is 33.1 Å². The van der Waals surface area contributed by atoms with Gasteiger partial charge in [-0.05, 0) is 24.3 Å². The van der Waals surface area contributed by atoms with Gasteiger partial charge in [0.1, 0.15) is 5.58 Å². The number of H-pyrrole nitrogens is 1. The van der Waals surface area contributed by atoms with Crippen LogP contribution in [-0.2, 0) is 0 Å². The van der Waals surface area contributed by atoms with E-state index >= 15 is 0 Å². The van der Waals surface area contributed by atoms with Crippen LogP contribution < -0.4 is 5.63 Å². The van der Waals surface area contributed by atoms with Gasteiger partial charge in [-0.1, -0.05) is 35.9 Å². The summed E-state index contributed by atoms with van der Waals surface area (Å²) in [5.74, 6) is 0. The van der Waals surface area contributed by atoms with E-state index < -0.39 is 0 Å². The highest BCUT2D eigenvalue weighted by molar-refractivity contribution is 6.31. The Bertz CT molecular complexity index is 1030. The maximum Gasteiger partial charge on any atom is 0.344 e. The Morgan fingerprint density at radius 1 is 1.00 bits per heavy atom. The van der Waals surface area contributed by atoms with Gasteiger partial charge < -0.3 is 9.40 Å². The normalized spacial score (nSPS) is 11.3. The molecule has 2 aromatic heterocycles. The van der Waals surface area contributed by atoms with E-state index in [0.717, 1.165) is 21.9 Å². The molecule has 2 heterocycles. The molecule has 0 radical (unpaired) electrons. The molecule has 1 N–H and O–H groups in total. The van der Waals surface area contributed by atoms with Crippen LogP contribution in [0.3, 0.4) is 0 Å². The molecule has 0 bridgehead atoms. The third-order valence-electron chi connectivity index (χ3n) is 3.58. The van der Waals surface area contributed by atoms with Crippen LogP contribution in [0, 0.1) is 0 Å². The van der Waals surface area contributed by atoms with E-state index in [2.05, 4.69) is 4.98 Å². The van der Waals surface area contributed by atoms with Gasteiger partial charge in [-0.2, -0.15) is 0 Å². The van der Waals surface area contributed by atoms with E-state index in [9.17, 15) is 4.79 Å². The second-order valence-corrected chi connectivity index (χ2v) is 5.31. The van der Waals surface area contributed by atoms with Crippen molar-refractivity contribution in [1.29, 1.82) is 0 Å². The molecular weight excluding hydrogens is 286 g/mol. The second-order valence-electron chi connectivity index (χ2n) is 4.88. The van der Waals surface area contributed by atoms with Crippen LogP contribution in [0.4, 0.5) is 0 Å². The Kier molecular flexibility index (Phi) is 2.62. The molecule has 2 aromatic carbocycles. The average molecular weight is 296 g/mol. The average Bonchev–Trinajstić information content (AvgIpc) is 2.89. The van der Waals surface area contributed by atoms with Crippen LogP contribution >= 0.6 is 11.6 Å². The minimum Gasteiger partial charge on any atom is -0.422 e. The summed E-state index contributed by atoms with van der Waals surface area (Å²) >= 11 is 5.98. The van der Waals surface area contributed by atoms with Crippen LogP contribution in [0.15, 0.2) is 63.9 Å². The number of rotatable bonds is 1. The predicted octanol–water partition coefficient (Wildman–Crippen LogP) is 4.59. The largest absolute Gasteiger partial charge is 0.422 e. The fraction of sp³-hybridized carbons (Fsp3) is 0. The van der Waals surface area contributed by atoms with E-state index in [1.807, 2.05) is 48.7 Å². The molecule has 0 saturated heterocycles. The van der Waals surface area contributed by atoms with Crippen molar-refractivity contribution in [2.45, 2.75) is 0 Å². The summed E-state index contributed by atoms with van der Waals surface area (Å²) in [5.41, 5.74) is 2.51. The fourth-order valence-electron chi connectivity index (χ4n) is 2.57. The van der Waals surface area contributed by atoms with E-state index in [1.165, 1.54) is 0 Å². The molecule has 102 valence electrons. The molecule has 21 heavy (non-hydrogen) atoms. The summed E-state index contributed by atoms with van der Waals surface area (Å²) in [4.78, 5) is 15.4. The number of nitrogens with one attached hydrogen (secondary N) is 1. The van der Waals surface area contributed by atoms with E-state index in [4.69, 9.17) is 16.0 Å². The lowest BCUT2D eigenvalue weighted by molar-refractivity contribution is 0.563. The van der Waals surface area contributed by atoms with Crippen molar-refractivity contribution in [3.05, 3.63) is 70.2 Å². The zero-order valence-corrected chi connectivity index (χ0v) is 11.6. The standard InChI is InChI=1S/C17H10ClNO2/c18-11-5-6-12-14(9-19-15(12)8-11)13-7-10-3-1-2-4-16(10)21-17(13)20/h1-9,19H. The molecule has 4 aromatic rings. The predicted molar refractivity (Wildman–Crippen MR) is 84.8 cm³/mol. The smallest absolute Gasteiger partial charge is 0.344 e. The lowest BCUT2D eigenvalue weighted by atomic mass is 10.1. The number of aromatic amines is 1. The van der Waals surface area contributed by atoms with Crippen molar-refractivity contribution in [3.8, 4) is 11.1 Å². The summed E-state index contributed by atoms with van der Waals surface area (Å²) in [6, 6.07) is 14.9. The first-order valence-electron chi connectivity index (χ1n) is 6.52. The van der Waals surface area contributed by atoms with Gasteiger partial charge in [0.2, 0.25) is 0 Å². The zero-order chi connectivity index (χ0) is 14.4. The van der Waals surface area contributed by atoms with Gasteiger partial charge in [0.05, 0.1) is 5.56 Å². The van der Waals surface area contributed by atoms with Gasteiger partial charge in [-0.25, -0.2) is 4.79 Å². The molecule has 0 aliphatic heterocycles. The van der Waals surface area contributed by atoms with Gasteiger partial charge in [0.25, 0.3) is 0 Å². The second kappa shape index (κ2) is 4.50. The van der Waals surface area contributed by atoms with Gasteiger partial charge >= 0.3 is 5.63 Å². The summed E-state index contributed by atoms with van der Waals surface area (Å²) in [6.45, 7) is 0. The Hall–Kier alpha value is -2.52. The van der Waals surface area contributed by atoms with Crippen LogP contribution in [0.25, 0.3) is 33.0 Å². The Balaban J connectivity index is 2.04. The molecule has 4 heteroatoms. The number of benzene rings is 2. The topological polar surface area (TPSA) is 46.0 Å². The third-order valence-corrected chi connectivity index (χ3v) is 3.81. The van der Waals surface area contributed by atoms with Crippen molar-refractivity contribution in [3.63, 3.8) is 0 Å². The number of hydrogen-bond donors (Lipinski definition) is 1. The number of fused-ring (bicyclic) bond motifs is 2. The highest BCUT2D eigenvalue weighted by atomic mass is 35.5. The van der Waals surface area contributed by atoms with E-state index in [0.29, 0.717) is 16.2 Å². The Morgan fingerprint density at radius 2 is 1.86 bits per heavy atom. The molecule has 0 atom stereocenters. The molecule has 0 unspecified atom stereocenters. The molecule has 0 fully saturated rings. The van der Waals surface area contributed by atoms with E-state index in [1.54, 1.807) is 6.07 Å². The highest BCUT2D eigenvalue weighted by Crippen LogP contribution is 2.29. The quantitative estimate of drug-likeness (QED) is 0.522. The number of para-hydroxylation sites is 1. The molecule has 0 saturated carbocycles. The van der Waals surface area contributed by atoms with Crippen LogP contribution in [0.1, 0.15) is 0 Å². The van der Waals surface area contributed by atoms with Crippen molar-refractivity contribution in [1.82, 2.24) is 4.98 Å². The zero-order valence-electron chi connectivity index (χ0n) is 10.9. The SMILES string of the molecule is O=c1oc2ccccc2cc1-c1c[nH]c2cc(Cl)ccc12.